The van der Waals surface area contributed by atoms with E-state index in [0.717, 1.165) is 42.5 Å². The largest absolute Gasteiger partial charge is 0.438 e. The lowest BCUT2D eigenvalue weighted by molar-refractivity contribution is 0.345. The fourth-order valence-corrected chi connectivity index (χ4v) is 13.3. The monoisotopic (exact) mass is 660 g/mol. The number of rotatable bonds is 13. The summed E-state index contributed by atoms with van der Waals surface area (Å²) in [4.78, 5) is 0. The molecule has 238 valence electrons. The molecule has 6 aromatic rings. The minimum absolute atomic E-state index is 0.693. The first kappa shape index (κ1) is 32.6. The van der Waals surface area contributed by atoms with E-state index in [4.69, 9.17) is 19.4 Å². The van der Waals surface area contributed by atoms with Crippen molar-refractivity contribution in [3.63, 3.8) is 0 Å². The summed E-state index contributed by atoms with van der Waals surface area (Å²) < 4.78 is 13.7. The third-order valence-electron chi connectivity index (χ3n) is 8.61. The van der Waals surface area contributed by atoms with Gasteiger partial charge in [0.2, 0.25) is 0 Å². The van der Waals surface area contributed by atoms with Crippen LogP contribution in [0.2, 0.25) is 0 Å². The molecular weight excluding hydrogens is 621 g/mol. The first-order valence-electron chi connectivity index (χ1n) is 16.4. The normalized spacial score (nSPS) is 12.4. The summed E-state index contributed by atoms with van der Waals surface area (Å²) in [6.45, 7) is 4.07. The Morgan fingerprint density at radius 1 is 0.354 bits per heavy atom. The van der Waals surface area contributed by atoms with Gasteiger partial charge in [0, 0.05) is 0 Å². The van der Waals surface area contributed by atoms with Crippen LogP contribution in [0.1, 0.15) is 26.7 Å². The predicted molar refractivity (Wildman–Crippen MR) is 206 cm³/mol. The van der Waals surface area contributed by atoms with Crippen molar-refractivity contribution in [3.05, 3.63) is 182 Å². The molecule has 0 aliphatic rings. The summed E-state index contributed by atoms with van der Waals surface area (Å²) in [6, 6.07) is 63.1. The van der Waals surface area contributed by atoms with Gasteiger partial charge in [-0.05, 0) is 57.8 Å². The molecule has 0 heterocycles. The maximum atomic E-state index is 6.83. The Kier molecular flexibility index (Phi) is 10.6. The topological polar surface area (TPSA) is 43.2 Å². The van der Waals surface area contributed by atoms with E-state index in [1.54, 1.807) is 0 Å². The second kappa shape index (κ2) is 15.5. The Balaban J connectivity index is 1.29. The van der Waals surface area contributed by atoms with Crippen LogP contribution in [-0.4, -0.2) is 28.1 Å². The number of hydrogen-bond acceptors (Lipinski definition) is 4. The van der Waals surface area contributed by atoms with Crippen LogP contribution in [-0.2, 0) is 9.05 Å². The highest BCUT2D eigenvalue weighted by Gasteiger charge is 2.46. The van der Waals surface area contributed by atoms with Crippen LogP contribution >= 0.6 is 0 Å². The molecule has 6 aromatic carbocycles. The average Bonchev–Trinajstić information content (AvgIpc) is 3.17. The Morgan fingerprint density at radius 2 is 0.542 bits per heavy atom. The zero-order chi connectivity index (χ0) is 33.1. The zero-order valence-electron chi connectivity index (χ0n) is 27.4. The molecule has 0 aliphatic carbocycles. The van der Waals surface area contributed by atoms with Gasteiger partial charge in [-0.3, -0.25) is 0 Å². The lowest BCUT2D eigenvalue weighted by Crippen LogP contribution is -2.68. The molecule has 0 aliphatic heterocycles. The molecule has 48 heavy (non-hydrogen) atoms. The Morgan fingerprint density at radius 3 is 0.729 bits per heavy atom. The van der Waals surface area contributed by atoms with Crippen LogP contribution < -0.4 is 31.1 Å². The molecule has 0 saturated carbocycles. The van der Waals surface area contributed by atoms with Crippen molar-refractivity contribution in [1.29, 1.82) is 0 Å². The first-order valence-corrected chi connectivity index (χ1v) is 20.2. The third kappa shape index (κ3) is 7.00. The highest BCUT2D eigenvalue weighted by molar-refractivity contribution is 7.07. The average molecular weight is 661 g/mol. The summed E-state index contributed by atoms with van der Waals surface area (Å²) in [6.07, 6.45) is 1.39. The molecule has 0 spiro atoms. The fraction of sp³-hybridized carbons (Fsp3) is 0.0952. The molecule has 0 saturated heterocycles. The number of oxime groups is 2. The van der Waals surface area contributed by atoms with E-state index in [0.29, 0.717) is 12.8 Å². The van der Waals surface area contributed by atoms with Gasteiger partial charge in [-0.2, -0.15) is 0 Å². The molecule has 6 heteroatoms. The van der Waals surface area contributed by atoms with Crippen molar-refractivity contribution in [3.8, 4) is 0 Å². The van der Waals surface area contributed by atoms with E-state index in [1.807, 2.05) is 50.2 Å². The fourth-order valence-electron chi connectivity index (χ4n) is 6.10. The lowest BCUT2D eigenvalue weighted by atomic mass is 10.2. The molecule has 0 aromatic heterocycles. The van der Waals surface area contributed by atoms with Crippen molar-refractivity contribution in [2.24, 2.45) is 10.3 Å². The summed E-state index contributed by atoms with van der Waals surface area (Å²) >= 11 is 0. The molecular formula is C42H40N2O2Si2. The van der Waals surface area contributed by atoms with Gasteiger partial charge in [0.25, 0.3) is 0 Å². The van der Waals surface area contributed by atoms with Gasteiger partial charge in [0.15, 0.2) is 0 Å². The second-order valence-corrected chi connectivity index (χ2v) is 18.4. The van der Waals surface area contributed by atoms with Crippen LogP contribution in [0.3, 0.4) is 0 Å². The number of benzene rings is 6. The van der Waals surface area contributed by atoms with E-state index in [1.165, 1.54) is 0 Å². The maximum Gasteiger partial charge on any atom is 0.380 e. The number of hydrogen-bond donors (Lipinski definition) is 0. The van der Waals surface area contributed by atoms with Gasteiger partial charge in [0.1, 0.15) is 0 Å². The van der Waals surface area contributed by atoms with Crippen molar-refractivity contribution in [1.82, 2.24) is 0 Å². The van der Waals surface area contributed by atoms with E-state index >= 15 is 0 Å². The van der Waals surface area contributed by atoms with Crippen molar-refractivity contribution >= 4 is 59.2 Å². The van der Waals surface area contributed by atoms with Gasteiger partial charge in [0.05, 0.1) is 11.4 Å². The van der Waals surface area contributed by atoms with Crippen molar-refractivity contribution < 1.29 is 9.05 Å². The zero-order valence-corrected chi connectivity index (χ0v) is 29.4. The quantitative estimate of drug-likeness (QED) is 0.0672. The molecule has 0 atom stereocenters. The Bertz CT molecular complexity index is 1580. The molecule has 0 amide bonds. The minimum Gasteiger partial charge on any atom is -0.438 e. The summed E-state index contributed by atoms with van der Waals surface area (Å²) in [5.74, 6) is 0. The predicted octanol–water partition coefficient (Wildman–Crippen LogP) is 5.89. The van der Waals surface area contributed by atoms with Crippen molar-refractivity contribution in [2.75, 3.05) is 0 Å². The molecule has 6 rings (SSSR count). The summed E-state index contributed by atoms with van der Waals surface area (Å²) in [5.41, 5.74) is 1.81. The molecule has 0 N–H and O–H groups in total. The minimum atomic E-state index is -2.93. The standard InChI is InChI=1S/C42H40N2O2Si2/c1-35(43-45-47(37-21-9-3-10-22-37,38-23-11-4-12-24-38)39-25-13-5-14-26-39)33-34-36(2)44-46-48(40-27-15-6-16-28-40,41-29-17-7-18-30-41)42-31-19-8-20-32-42/h3-32H,33-34H2,1-2H3. The van der Waals surface area contributed by atoms with Gasteiger partial charge in [-0.25, -0.2) is 0 Å². The highest BCUT2D eigenvalue weighted by Crippen LogP contribution is 2.13. The van der Waals surface area contributed by atoms with Crippen LogP contribution in [0.25, 0.3) is 0 Å². The first-order chi connectivity index (χ1) is 23.6. The highest BCUT2D eigenvalue weighted by atomic mass is 28.4. The van der Waals surface area contributed by atoms with Gasteiger partial charge < -0.3 is 9.05 Å². The summed E-state index contributed by atoms with van der Waals surface area (Å²) in [7, 11) is -5.86. The smallest absolute Gasteiger partial charge is 0.380 e. The van der Waals surface area contributed by atoms with E-state index in [9.17, 15) is 0 Å². The van der Waals surface area contributed by atoms with Crippen LogP contribution in [0.4, 0.5) is 0 Å². The molecule has 0 fully saturated rings. The molecule has 0 bridgehead atoms. The molecule has 0 unspecified atom stereocenters. The SMILES string of the molecule is CC(CCC(C)=NO[Si](c1ccccc1)(c1ccccc1)c1ccccc1)=NO[Si](c1ccccc1)(c1ccccc1)c1ccccc1. The molecule has 4 nitrogen and oxygen atoms in total. The Labute approximate surface area is 286 Å². The summed E-state index contributed by atoms with van der Waals surface area (Å²) in [5, 5.41) is 16.6. The maximum absolute atomic E-state index is 6.83. The van der Waals surface area contributed by atoms with E-state index < -0.39 is 16.6 Å². The van der Waals surface area contributed by atoms with E-state index in [-0.39, 0.29) is 0 Å². The van der Waals surface area contributed by atoms with Gasteiger partial charge in [-0.15, -0.1) is 10.3 Å². The van der Waals surface area contributed by atoms with Crippen molar-refractivity contribution in [2.45, 2.75) is 26.7 Å². The van der Waals surface area contributed by atoms with Gasteiger partial charge in [-0.1, -0.05) is 182 Å². The van der Waals surface area contributed by atoms with E-state index in [2.05, 4.69) is 146 Å². The van der Waals surface area contributed by atoms with Crippen LogP contribution in [0.5, 0.6) is 0 Å². The van der Waals surface area contributed by atoms with Crippen LogP contribution in [0, 0.1) is 0 Å². The lowest BCUT2D eigenvalue weighted by Gasteiger charge is -2.30. The van der Waals surface area contributed by atoms with Crippen LogP contribution in [0.15, 0.2) is 192 Å². The molecule has 0 radical (unpaired) electrons. The Hall–Kier alpha value is -5.31. The number of nitrogens with zero attached hydrogens (tertiary/aromatic N) is 2. The van der Waals surface area contributed by atoms with Gasteiger partial charge >= 0.3 is 16.6 Å². The third-order valence-corrected chi connectivity index (χ3v) is 16.2. The second-order valence-electron chi connectivity index (χ2n) is 11.9.